The van der Waals surface area contributed by atoms with Crippen molar-refractivity contribution in [2.75, 3.05) is 110 Å². The van der Waals surface area contributed by atoms with E-state index in [4.69, 9.17) is 42.2 Å². The minimum atomic E-state index is -3.77. The third-order valence-electron chi connectivity index (χ3n) is 24.1. The van der Waals surface area contributed by atoms with Crippen molar-refractivity contribution in [2.45, 2.75) is 135 Å². The zero-order valence-corrected chi connectivity index (χ0v) is 88.8. The van der Waals surface area contributed by atoms with Crippen LogP contribution in [0.1, 0.15) is 121 Å². The summed E-state index contributed by atoms with van der Waals surface area (Å²) in [4.78, 5) is 65.5. The van der Waals surface area contributed by atoms with Crippen LogP contribution in [0.2, 0.25) is 0 Å². The normalized spacial score (nSPS) is 12.5. The summed E-state index contributed by atoms with van der Waals surface area (Å²) < 4.78 is 123. The van der Waals surface area contributed by atoms with Gasteiger partial charge in [-0.1, -0.05) is 60.7 Å². The first-order valence-corrected chi connectivity index (χ1v) is 53.2. The molecule has 0 radical (unpaired) electrons. The Kier molecular flexibility index (Phi) is 34.7. The van der Waals surface area contributed by atoms with Gasteiger partial charge in [-0.25, -0.2) is 54.0 Å². The smallest absolute Gasteiger partial charge is 0.432 e. The first-order valence-electron chi connectivity index (χ1n) is 48.4. The quantitative estimate of drug-likeness (QED) is 0.0331. The Morgan fingerprint density at radius 3 is 1.18 bits per heavy atom. The van der Waals surface area contributed by atoms with E-state index in [9.17, 15) is 61.2 Å². The van der Waals surface area contributed by atoms with Crippen LogP contribution in [-0.2, 0) is 67.6 Å². The first kappa shape index (κ1) is 109. The van der Waals surface area contributed by atoms with Crippen molar-refractivity contribution < 1.29 is 87.6 Å². The molecular formula is C111H122N15O19PS2. The number of anilines is 5. The number of nitrogens with one attached hydrogen (secondary N) is 4. The molecule has 0 saturated carbocycles. The summed E-state index contributed by atoms with van der Waals surface area (Å²) in [6.45, 7) is 32.6. The van der Waals surface area contributed by atoms with E-state index in [0.29, 0.717) is 107 Å². The van der Waals surface area contributed by atoms with Crippen LogP contribution in [0, 0.1) is 34.0 Å². The lowest BCUT2D eigenvalue weighted by Gasteiger charge is -2.22. The molecule has 0 bridgehead atoms. The first-order chi connectivity index (χ1) is 70.7. The van der Waals surface area contributed by atoms with Crippen LogP contribution in [0.25, 0.3) is 111 Å². The van der Waals surface area contributed by atoms with E-state index in [-0.39, 0.29) is 42.5 Å². The van der Waals surface area contributed by atoms with Gasteiger partial charge >= 0.3 is 32.0 Å². The largest absolute Gasteiger partial charge is 0.497 e. The van der Waals surface area contributed by atoms with Crippen molar-refractivity contribution in [3.05, 3.63) is 241 Å². The van der Waals surface area contributed by atoms with Crippen molar-refractivity contribution in [2.24, 2.45) is 0 Å². The maximum Gasteiger partial charge on any atom is 0.432 e. The molecule has 10 aromatic carbocycles. The summed E-state index contributed by atoms with van der Waals surface area (Å²) >= 11 is 0. The lowest BCUT2D eigenvalue weighted by atomic mass is 10.0. The lowest BCUT2D eigenvalue weighted by Crippen LogP contribution is -2.36. The number of nitrogens with zero attached hydrogens (tertiary/aromatic N) is 11. The van der Waals surface area contributed by atoms with Gasteiger partial charge < -0.3 is 57.5 Å². The zero-order valence-electron chi connectivity index (χ0n) is 86.3. The van der Waals surface area contributed by atoms with Crippen molar-refractivity contribution in [1.29, 1.82) is 15.8 Å². The molecule has 772 valence electrons. The minimum Gasteiger partial charge on any atom is -0.497 e. The number of sulfonamides is 2. The molecule has 2 fully saturated rings. The highest BCUT2D eigenvalue weighted by molar-refractivity contribution is 7.93. The summed E-state index contributed by atoms with van der Waals surface area (Å²) in [6.07, 6.45) is -1.06. The monoisotopic (exact) mass is 2060 g/mol. The Morgan fingerprint density at radius 2 is 0.811 bits per heavy atom. The molecule has 0 spiro atoms. The van der Waals surface area contributed by atoms with E-state index in [0.717, 1.165) is 129 Å². The molecule has 5 aromatic heterocycles. The van der Waals surface area contributed by atoms with Crippen LogP contribution >= 0.6 is 7.75 Å². The maximum atomic E-state index is 13.1. The molecule has 37 heteroatoms. The average Bonchev–Trinajstić information content (AvgIpc) is 1.58. The highest BCUT2D eigenvalue weighted by Gasteiger charge is 2.33. The summed E-state index contributed by atoms with van der Waals surface area (Å²) in [5.41, 5.74) is 15.7. The van der Waals surface area contributed by atoms with Crippen molar-refractivity contribution in [3.8, 4) is 103 Å². The van der Waals surface area contributed by atoms with Gasteiger partial charge in [-0.2, -0.15) is 15.8 Å². The number of urea groups is 2. The third kappa shape index (κ3) is 24.3. The molecule has 15 aromatic rings. The molecule has 7 heterocycles. The van der Waals surface area contributed by atoms with Crippen LogP contribution in [0.5, 0.6) is 28.7 Å². The van der Waals surface area contributed by atoms with Gasteiger partial charge in [0.25, 0.3) is 0 Å². The Morgan fingerprint density at radius 1 is 0.432 bits per heavy atom. The predicted octanol–water partition coefficient (Wildman–Crippen LogP) is 23.3. The van der Waals surface area contributed by atoms with Crippen molar-refractivity contribution in [3.63, 3.8) is 0 Å². The van der Waals surface area contributed by atoms with Crippen LogP contribution in [0.4, 0.5) is 47.6 Å². The highest BCUT2D eigenvalue weighted by Crippen LogP contribution is 2.49. The predicted molar refractivity (Wildman–Crippen MR) is 580 cm³/mol. The van der Waals surface area contributed by atoms with Crippen LogP contribution in [-0.4, -0.2) is 167 Å². The molecule has 4 N–H and O–H groups in total. The van der Waals surface area contributed by atoms with E-state index < -0.39 is 57.1 Å². The number of ether oxygens (including phenoxy) is 7. The lowest BCUT2D eigenvalue weighted by molar-refractivity contribution is -0.115. The number of fused-ring (bicyclic) bond motifs is 5. The van der Waals surface area contributed by atoms with Gasteiger partial charge in [-0.05, 0) is 253 Å². The minimum absolute atomic E-state index is 0.0104. The molecule has 2 saturated heterocycles. The Labute approximate surface area is 861 Å². The van der Waals surface area contributed by atoms with Gasteiger partial charge in [-0.3, -0.25) is 33.5 Å². The topological polar surface area (TPSA) is 408 Å². The molecule has 2 aliphatic heterocycles. The summed E-state index contributed by atoms with van der Waals surface area (Å²) in [5, 5.41) is 42.5. The number of rotatable bonds is 28. The number of aromatic nitrogens is 5. The fraction of sp³-hybridized carbons (Fsp3) is 0.297. The standard InChI is InChI=1S/C24H28N2O6S.C23H28N3O4P.C22H26N2O5S.2C21H20N4O2/c1-7-33(29,30)26(16(2)27)19-11-8-17(9-12-19)21-14-18-10-13-20(31-6)15-22(18)25(21)23(28)32-24(3,4)5;1-5-26-22-15-19(28-6-2)13-14-20(22)21(16-24)23(26)17-9-11-18(12-10-17)25-31(27,29-7-3)30-8-4;1-6-30(26,27)23-17-10-7-15(8-11-17)19-13-16-9-12-18(28-5)14-20(16)24(19)21(25)29-22(2,3)4;1-3-24-19-12-16(27-2)8-9-17(19)18(13-22)20(24)14-4-6-15(7-5-14)25-11-10-23-21(25)26;1-3-24-19-12-16(27-2)7-8-17(19)18(13-22)20(24)14-5-4-6-15(11-14)25-10-9-23-21(25)26/h8-15H,7H2,1-6H3;9-15H,5-8H2,1-4H3,(H,25,27);7-14,23H,6H2,1-5H3;4-9,12H,3,10-11H2,1-2H3,(H,23,26);4-8,11-12H,3,9-10H2,1-2H3,(H,23,26). The van der Waals surface area contributed by atoms with Crippen molar-refractivity contribution >= 4 is 141 Å². The number of hydrogen-bond donors (Lipinski definition) is 4. The molecule has 17 rings (SSSR count). The Hall–Kier alpha value is -16.0. The second-order valence-electron chi connectivity index (χ2n) is 35.9. The number of nitriles is 3. The molecule has 0 aliphatic carbocycles. The molecule has 34 nitrogen and oxygen atoms in total. The van der Waals surface area contributed by atoms with E-state index >= 15 is 0 Å². The molecule has 0 atom stereocenters. The summed E-state index contributed by atoms with van der Waals surface area (Å²) in [5.74, 6) is 2.71. The number of carbonyl (C=O) groups excluding carboxylic acids is 5. The van der Waals surface area contributed by atoms with Gasteiger partial charge in [0.2, 0.25) is 26.0 Å². The number of methoxy groups -OCH3 is 4. The van der Waals surface area contributed by atoms with E-state index in [1.807, 2.05) is 192 Å². The average molecular weight is 2070 g/mol. The molecule has 0 unspecified atom stereocenters. The molecule has 148 heavy (non-hydrogen) atoms. The fourth-order valence-electron chi connectivity index (χ4n) is 17.5. The molecule has 2 aliphatic rings. The second-order valence-corrected chi connectivity index (χ2v) is 41.7. The fourth-order valence-corrected chi connectivity index (χ4v) is 20.6. The van der Waals surface area contributed by atoms with Gasteiger partial charge in [0, 0.05) is 138 Å². The third-order valence-corrected chi connectivity index (χ3v) is 28.9. The summed E-state index contributed by atoms with van der Waals surface area (Å²) in [6, 6.07) is 75.2. The van der Waals surface area contributed by atoms with Gasteiger partial charge in [-0.15, -0.1) is 0 Å². The van der Waals surface area contributed by atoms with Gasteiger partial charge in [0.1, 0.15) is 58.2 Å². The number of hydrogen-bond acceptors (Lipinski definition) is 22. The van der Waals surface area contributed by atoms with Crippen molar-refractivity contribution in [1.82, 2.24) is 33.5 Å². The van der Waals surface area contributed by atoms with E-state index in [1.54, 1.807) is 147 Å². The van der Waals surface area contributed by atoms with Gasteiger partial charge in [0.15, 0.2) is 0 Å². The number of carbonyl (C=O) groups is 5. The molecule has 5 amide bonds. The Balaban J connectivity index is 0.000000155. The number of benzene rings is 10. The zero-order chi connectivity index (χ0) is 107. The highest BCUT2D eigenvalue weighted by atomic mass is 32.2. The second kappa shape index (κ2) is 47.0. The SMILES string of the molecule is CCOc1ccc2c(C#N)c(-c3ccc(NP(=O)(OCC)OCC)cc3)n(CC)c2c1.CCS(=O)(=O)N(C(C)=O)c1ccc(-c2cc3ccc(OC)cc3n2C(=O)OC(C)(C)C)cc1.CCS(=O)(=O)Nc1ccc(-c2cc3ccc(OC)cc3n2C(=O)OC(C)(C)C)cc1.CCn1c(-c2ccc(N3CCNC3=O)cc2)c(C#N)c2ccc(OC)cc21.CCn1c(-c2cccc(N3CCNC3=O)c2)c(C#N)c2ccc(OC)cc21. The Bertz CT molecular complexity index is 7880. The summed E-state index contributed by atoms with van der Waals surface area (Å²) in [7, 11) is -4.16. The number of amides is 5. The van der Waals surface area contributed by atoms with Crippen LogP contribution in [0.15, 0.2) is 224 Å². The van der Waals surface area contributed by atoms with Crippen LogP contribution < -0.4 is 58.2 Å². The maximum absolute atomic E-state index is 13.1. The molecular weight excluding hydrogens is 1940 g/mol. The van der Waals surface area contributed by atoms with E-state index in [1.165, 1.54) is 23.0 Å². The number of aryl methyl sites for hydroxylation is 3. The van der Waals surface area contributed by atoms with Gasteiger partial charge in [0.05, 0.1) is 138 Å². The van der Waals surface area contributed by atoms with Crippen LogP contribution in [0.3, 0.4) is 0 Å². The van der Waals surface area contributed by atoms with E-state index in [2.05, 4.69) is 66.2 Å².